The van der Waals surface area contributed by atoms with E-state index in [1.54, 1.807) is 0 Å². The van der Waals surface area contributed by atoms with Crippen LogP contribution in [0.1, 0.15) is 49.7 Å². The largest absolute Gasteiger partial charge is 0.490 e. The Morgan fingerprint density at radius 3 is 2.46 bits per heavy atom. The molecule has 4 heteroatoms. The van der Waals surface area contributed by atoms with Crippen LogP contribution in [0, 0.1) is 6.92 Å². The second kappa shape index (κ2) is 8.36. The first kappa shape index (κ1) is 19.0. The predicted molar refractivity (Wildman–Crippen MR) is 111 cm³/mol. The number of carbonyl (C=O) groups is 1. The molecule has 0 atom stereocenters. The van der Waals surface area contributed by atoms with Gasteiger partial charge in [0.25, 0.3) is 0 Å². The molecule has 2 aromatic carbocycles. The Morgan fingerprint density at radius 1 is 1.07 bits per heavy atom. The first-order valence-corrected chi connectivity index (χ1v) is 10.4. The quantitative estimate of drug-likeness (QED) is 0.795. The zero-order chi connectivity index (χ0) is 19.4. The van der Waals surface area contributed by atoms with E-state index in [1.807, 2.05) is 43.3 Å². The van der Waals surface area contributed by atoms with E-state index in [0.29, 0.717) is 32.2 Å². The lowest BCUT2D eigenvalue weighted by atomic mass is 9.73. The number of hydrogen-bond donors (Lipinski definition) is 1. The zero-order valence-electron chi connectivity index (χ0n) is 16.6. The van der Waals surface area contributed by atoms with Gasteiger partial charge in [-0.2, -0.15) is 0 Å². The van der Waals surface area contributed by atoms with Gasteiger partial charge in [-0.1, -0.05) is 30.3 Å². The third-order valence-electron chi connectivity index (χ3n) is 6.14. The molecule has 0 radical (unpaired) electrons. The molecule has 0 aromatic heterocycles. The van der Waals surface area contributed by atoms with E-state index < -0.39 is 5.41 Å². The third kappa shape index (κ3) is 3.93. The molecule has 2 fully saturated rings. The molecular formula is C24H29NO3. The highest BCUT2D eigenvalue weighted by Gasteiger charge is 2.41. The minimum Gasteiger partial charge on any atom is -0.490 e. The van der Waals surface area contributed by atoms with E-state index in [0.717, 1.165) is 35.4 Å². The van der Waals surface area contributed by atoms with Crippen molar-refractivity contribution in [2.45, 2.75) is 57.0 Å². The normalized spacial score (nSPS) is 19.3. The van der Waals surface area contributed by atoms with E-state index in [2.05, 4.69) is 17.4 Å². The van der Waals surface area contributed by atoms with Crippen LogP contribution in [0.4, 0.5) is 5.69 Å². The van der Waals surface area contributed by atoms with Crippen molar-refractivity contribution < 1.29 is 14.3 Å². The average Bonchev–Trinajstić information content (AvgIpc) is 3.24. The van der Waals surface area contributed by atoms with Crippen molar-refractivity contribution in [1.29, 1.82) is 0 Å². The molecule has 0 bridgehead atoms. The average molecular weight is 380 g/mol. The highest BCUT2D eigenvalue weighted by molar-refractivity contribution is 5.99. The van der Waals surface area contributed by atoms with Gasteiger partial charge in [-0.15, -0.1) is 0 Å². The van der Waals surface area contributed by atoms with Crippen LogP contribution in [0.2, 0.25) is 0 Å². The second-order valence-electron chi connectivity index (χ2n) is 8.02. The third-order valence-corrected chi connectivity index (χ3v) is 6.14. The molecule has 1 aliphatic heterocycles. The molecule has 4 nitrogen and oxygen atoms in total. The molecule has 1 heterocycles. The molecule has 1 aliphatic carbocycles. The lowest BCUT2D eigenvalue weighted by Crippen LogP contribution is -2.44. The van der Waals surface area contributed by atoms with Crippen molar-refractivity contribution in [3.63, 3.8) is 0 Å². The van der Waals surface area contributed by atoms with Crippen molar-refractivity contribution in [1.82, 2.24) is 0 Å². The fraction of sp³-hybridized carbons (Fsp3) is 0.458. The second-order valence-corrected chi connectivity index (χ2v) is 8.02. The Balaban J connectivity index is 1.52. The van der Waals surface area contributed by atoms with Crippen molar-refractivity contribution in [2.75, 3.05) is 18.5 Å². The van der Waals surface area contributed by atoms with E-state index >= 15 is 0 Å². The number of hydrogen-bond acceptors (Lipinski definition) is 3. The number of anilines is 1. The minimum atomic E-state index is -0.535. The number of carbonyl (C=O) groups excluding carboxylic acids is 1. The van der Waals surface area contributed by atoms with E-state index in [9.17, 15) is 4.79 Å². The minimum absolute atomic E-state index is 0.0471. The monoisotopic (exact) mass is 379 g/mol. The predicted octanol–water partition coefficient (Wildman–Crippen LogP) is 5.00. The first-order chi connectivity index (χ1) is 13.7. The number of rotatable bonds is 5. The van der Waals surface area contributed by atoms with Crippen molar-refractivity contribution in [3.8, 4) is 5.75 Å². The maximum atomic E-state index is 13.4. The lowest BCUT2D eigenvalue weighted by Gasteiger charge is -2.36. The smallest absolute Gasteiger partial charge is 0.235 e. The fourth-order valence-electron chi connectivity index (χ4n) is 4.42. The van der Waals surface area contributed by atoms with E-state index in [1.165, 1.54) is 12.8 Å². The standard InChI is InChI=1S/C24H29NO3/c1-18-17-20(11-12-22(18)28-21-9-5-6-10-21)25-23(26)24(13-15-27-16-14-24)19-7-3-2-4-8-19/h2-4,7-8,11-12,17,21H,5-6,9-10,13-16H2,1H3,(H,25,26). The molecule has 2 aliphatic rings. The van der Waals surface area contributed by atoms with E-state index in [4.69, 9.17) is 9.47 Å². The van der Waals surface area contributed by atoms with Crippen LogP contribution in [-0.4, -0.2) is 25.2 Å². The Morgan fingerprint density at radius 2 is 1.79 bits per heavy atom. The van der Waals surface area contributed by atoms with Gasteiger partial charge in [0.1, 0.15) is 5.75 Å². The molecule has 28 heavy (non-hydrogen) atoms. The summed E-state index contributed by atoms with van der Waals surface area (Å²) in [5, 5.41) is 3.16. The molecule has 148 valence electrons. The van der Waals surface area contributed by atoms with Crippen molar-refractivity contribution in [3.05, 3.63) is 59.7 Å². The summed E-state index contributed by atoms with van der Waals surface area (Å²) in [7, 11) is 0. The van der Waals surface area contributed by atoms with Crippen molar-refractivity contribution in [2.24, 2.45) is 0 Å². The summed E-state index contributed by atoms with van der Waals surface area (Å²) in [5.74, 6) is 0.972. The van der Waals surface area contributed by atoms with Crippen LogP contribution in [0.3, 0.4) is 0 Å². The topological polar surface area (TPSA) is 47.6 Å². The van der Waals surface area contributed by atoms with Gasteiger partial charge in [-0.25, -0.2) is 0 Å². The Hall–Kier alpha value is -2.33. The molecule has 1 saturated carbocycles. The Labute approximate surface area is 167 Å². The summed E-state index contributed by atoms with van der Waals surface area (Å²) < 4.78 is 11.7. The van der Waals surface area contributed by atoms with Crippen molar-refractivity contribution >= 4 is 11.6 Å². The molecule has 1 N–H and O–H groups in total. The van der Waals surface area contributed by atoms with Gasteiger partial charge in [-0.05, 0) is 74.8 Å². The molecule has 1 saturated heterocycles. The Kier molecular flexibility index (Phi) is 5.67. The van der Waals surface area contributed by atoms with E-state index in [-0.39, 0.29) is 5.91 Å². The summed E-state index contributed by atoms with van der Waals surface area (Å²) in [6, 6.07) is 16.0. The summed E-state index contributed by atoms with van der Waals surface area (Å²) in [4.78, 5) is 13.4. The maximum absolute atomic E-state index is 13.4. The number of aryl methyl sites for hydroxylation is 1. The van der Waals surface area contributed by atoms with Crippen LogP contribution in [0.15, 0.2) is 48.5 Å². The van der Waals surface area contributed by atoms with Gasteiger partial charge in [0.2, 0.25) is 5.91 Å². The summed E-state index contributed by atoms with van der Waals surface area (Å²) >= 11 is 0. The highest BCUT2D eigenvalue weighted by atomic mass is 16.5. The molecule has 4 rings (SSSR count). The van der Waals surface area contributed by atoms with Crippen LogP contribution >= 0.6 is 0 Å². The molecule has 2 aromatic rings. The molecule has 0 unspecified atom stereocenters. The fourth-order valence-corrected chi connectivity index (χ4v) is 4.42. The summed E-state index contributed by atoms with van der Waals surface area (Å²) in [6.07, 6.45) is 6.52. The maximum Gasteiger partial charge on any atom is 0.235 e. The number of amides is 1. The molecule has 1 amide bonds. The molecule has 0 spiro atoms. The lowest BCUT2D eigenvalue weighted by molar-refractivity contribution is -0.125. The van der Waals surface area contributed by atoms with Gasteiger partial charge < -0.3 is 14.8 Å². The van der Waals surface area contributed by atoms with Gasteiger partial charge in [0.15, 0.2) is 0 Å². The van der Waals surface area contributed by atoms with Gasteiger partial charge in [-0.3, -0.25) is 4.79 Å². The summed E-state index contributed by atoms with van der Waals surface area (Å²) in [5.41, 5.74) is 2.41. The zero-order valence-corrected chi connectivity index (χ0v) is 16.6. The number of nitrogens with one attached hydrogen (secondary N) is 1. The molecular weight excluding hydrogens is 350 g/mol. The van der Waals surface area contributed by atoms with Crippen LogP contribution in [-0.2, 0) is 14.9 Å². The van der Waals surface area contributed by atoms with Crippen LogP contribution in [0.5, 0.6) is 5.75 Å². The number of ether oxygens (including phenoxy) is 2. The van der Waals surface area contributed by atoms with Crippen LogP contribution < -0.4 is 10.1 Å². The van der Waals surface area contributed by atoms with Gasteiger partial charge in [0, 0.05) is 18.9 Å². The van der Waals surface area contributed by atoms with Gasteiger partial charge in [0.05, 0.1) is 11.5 Å². The SMILES string of the molecule is Cc1cc(NC(=O)C2(c3ccccc3)CCOCC2)ccc1OC1CCCC1. The first-order valence-electron chi connectivity index (χ1n) is 10.4. The highest BCUT2D eigenvalue weighted by Crippen LogP contribution is 2.36. The summed E-state index contributed by atoms with van der Waals surface area (Å²) in [6.45, 7) is 3.26. The Bertz CT molecular complexity index is 806. The van der Waals surface area contributed by atoms with Crippen LogP contribution in [0.25, 0.3) is 0 Å². The number of benzene rings is 2. The van der Waals surface area contributed by atoms with Gasteiger partial charge >= 0.3 is 0 Å².